The summed E-state index contributed by atoms with van der Waals surface area (Å²) in [4.78, 5) is 25.9. The number of benzene rings is 3. The summed E-state index contributed by atoms with van der Waals surface area (Å²) in [6.07, 6.45) is 2.02. The number of halogens is 2. The largest absolute Gasteiger partial charge is 0.350 e. The van der Waals surface area contributed by atoms with Crippen LogP contribution in [0.1, 0.15) is 15.9 Å². The third kappa shape index (κ3) is 5.95. The molecule has 0 atom stereocenters. The van der Waals surface area contributed by atoms with Gasteiger partial charge in [0, 0.05) is 45.8 Å². The monoisotopic (exact) mass is 511 g/mol. The van der Waals surface area contributed by atoms with Crippen molar-refractivity contribution in [3.8, 4) is 0 Å². The molecular weight excluding hydrogens is 489 g/mol. The molecule has 8 heteroatoms. The molecule has 0 aliphatic carbocycles. The molecule has 2 N–H and O–H groups in total. The molecule has 1 aromatic heterocycles. The van der Waals surface area contributed by atoms with Crippen LogP contribution < -0.4 is 10.6 Å². The number of rotatable bonds is 8. The molecule has 0 saturated heterocycles. The van der Waals surface area contributed by atoms with Gasteiger partial charge in [-0.15, -0.1) is 11.8 Å². The van der Waals surface area contributed by atoms with E-state index in [-0.39, 0.29) is 11.8 Å². The Morgan fingerprint density at radius 2 is 1.76 bits per heavy atom. The van der Waals surface area contributed by atoms with Crippen molar-refractivity contribution in [1.29, 1.82) is 0 Å². The van der Waals surface area contributed by atoms with Crippen LogP contribution in [0.4, 0.5) is 5.69 Å². The van der Waals surface area contributed by atoms with Crippen molar-refractivity contribution in [3.63, 3.8) is 0 Å². The Morgan fingerprint density at radius 3 is 2.53 bits per heavy atom. The smallest absolute Gasteiger partial charge is 0.252 e. The number of fused-ring (bicyclic) bond motifs is 1. The number of nitrogens with zero attached hydrogens (tertiary/aromatic N) is 1. The van der Waals surface area contributed by atoms with Crippen molar-refractivity contribution in [2.75, 3.05) is 17.6 Å². The lowest BCUT2D eigenvalue weighted by Crippen LogP contribution is -2.27. The maximum Gasteiger partial charge on any atom is 0.252 e. The van der Waals surface area contributed by atoms with Crippen molar-refractivity contribution in [2.45, 2.75) is 18.4 Å². The lowest BCUT2D eigenvalue weighted by molar-refractivity contribution is -0.113. The molecule has 0 radical (unpaired) electrons. The van der Waals surface area contributed by atoms with E-state index in [1.54, 1.807) is 18.2 Å². The Labute approximate surface area is 212 Å². The third-order valence-electron chi connectivity index (χ3n) is 5.26. The minimum Gasteiger partial charge on any atom is -0.350 e. The normalized spacial score (nSPS) is 10.9. The second-order valence-electron chi connectivity index (χ2n) is 7.79. The van der Waals surface area contributed by atoms with E-state index < -0.39 is 0 Å². The molecule has 1 heterocycles. The van der Waals surface area contributed by atoms with E-state index in [0.717, 1.165) is 27.0 Å². The number of thioether (sulfide) groups is 1. The summed E-state index contributed by atoms with van der Waals surface area (Å²) in [7, 11) is 0. The molecule has 0 unspecified atom stereocenters. The first-order chi connectivity index (χ1) is 16.4. The van der Waals surface area contributed by atoms with E-state index in [4.69, 9.17) is 23.2 Å². The molecule has 0 spiro atoms. The number of aromatic nitrogens is 1. The minimum absolute atomic E-state index is 0.0576. The fourth-order valence-corrected chi connectivity index (χ4v) is 4.93. The highest BCUT2D eigenvalue weighted by atomic mass is 35.5. The number of para-hydroxylation sites is 1. The van der Waals surface area contributed by atoms with E-state index in [9.17, 15) is 9.59 Å². The SMILES string of the molecule is Cc1ccc(NC(=O)CSc2cn(CCNC(=O)c3ccc(Cl)cc3Cl)c3ccccc23)cc1. The maximum atomic E-state index is 12.5. The fraction of sp³-hybridized carbons (Fsp3) is 0.154. The van der Waals surface area contributed by atoms with Crippen LogP contribution in [-0.4, -0.2) is 28.7 Å². The molecule has 0 aliphatic heterocycles. The lowest BCUT2D eigenvalue weighted by Gasteiger charge is -2.09. The van der Waals surface area contributed by atoms with Crippen LogP contribution in [0.3, 0.4) is 0 Å². The fourth-order valence-electron chi connectivity index (χ4n) is 3.55. The van der Waals surface area contributed by atoms with Crippen LogP contribution in [0, 0.1) is 6.92 Å². The Balaban J connectivity index is 1.38. The van der Waals surface area contributed by atoms with Crippen molar-refractivity contribution in [1.82, 2.24) is 9.88 Å². The highest BCUT2D eigenvalue weighted by molar-refractivity contribution is 8.00. The maximum absolute atomic E-state index is 12.5. The summed E-state index contributed by atoms with van der Waals surface area (Å²) in [6.45, 7) is 3.01. The Bertz CT molecular complexity index is 1340. The average Bonchev–Trinajstić information content (AvgIpc) is 3.17. The van der Waals surface area contributed by atoms with Crippen LogP contribution in [0.25, 0.3) is 10.9 Å². The Kier molecular flexibility index (Phi) is 7.83. The number of carbonyl (C=O) groups is 2. The quantitative estimate of drug-likeness (QED) is 0.268. The van der Waals surface area contributed by atoms with Gasteiger partial charge in [0.05, 0.1) is 16.3 Å². The zero-order valence-electron chi connectivity index (χ0n) is 18.5. The summed E-state index contributed by atoms with van der Waals surface area (Å²) in [5.41, 5.74) is 3.37. The summed E-state index contributed by atoms with van der Waals surface area (Å²) in [5.74, 6) is -0.00784. The van der Waals surface area contributed by atoms with E-state index in [1.165, 1.54) is 11.8 Å². The van der Waals surface area contributed by atoms with Gasteiger partial charge in [0.1, 0.15) is 0 Å². The summed E-state index contributed by atoms with van der Waals surface area (Å²) >= 11 is 13.5. The van der Waals surface area contributed by atoms with Crippen LogP contribution >= 0.6 is 35.0 Å². The van der Waals surface area contributed by atoms with Crippen molar-refractivity contribution in [3.05, 3.63) is 94.1 Å². The van der Waals surface area contributed by atoms with Crippen molar-refractivity contribution in [2.24, 2.45) is 0 Å². The second-order valence-corrected chi connectivity index (χ2v) is 9.65. The second kappa shape index (κ2) is 11.0. The molecule has 4 rings (SSSR count). The van der Waals surface area contributed by atoms with Gasteiger partial charge < -0.3 is 15.2 Å². The van der Waals surface area contributed by atoms with E-state index in [1.807, 2.05) is 61.7 Å². The van der Waals surface area contributed by atoms with Gasteiger partial charge in [-0.05, 0) is 43.3 Å². The summed E-state index contributed by atoms with van der Waals surface area (Å²) in [5, 5.41) is 7.71. The Morgan fingerprint density at radius 1 is 1.00 bits per heavy atom. The average molecular weight is 512 g/mol. The molecule has 0 aliphatic rings. The number of carbonyl (C=O) groups excluding carboxylic acids is 2. The molecule has 0 saturated carbocycles. The van der Waals surface area contributed by atoms with Gasteiger partial charge in [-0.2, -0.15) is 0 Å². The topological polar surface area (TPSA) is 63.1 Å². The molecule has 0 fully saturated rings. The van der Waals surface area contributed by atoms with Gasteiger partial charge in [-0.1, -0.05) is 59.1 Å². The van der Waals surface area contributed by atoms with Gasteiger partial charge >= 0.3 is 0 Å². The predicted molar refractivity (Wildman–Crippen MR) is 141 cm³/mol. The van der Waals surface area contributed by atoms with E-state index >= 15 is 0 Å². The van der Waals surface area contributed by atoms with Crippen LogP contribution in [0.15, 0.2) is 77.8 Å². The summed E-state index contributed by atoms with van der Waals surface area (Å²) in [6, 6.07) is 20.6. The van der Waals surface area contributed by atoms with Crippen LogP contribution in [0.2, 0.25) is 10.0 Å². The molecule has 34 heavy (non-hydrogen) atoms. The molecule has 174 valence electrons. The zero-order valence-corrected chi connectivity index (χ0v) is 20.8. The number of hydrogen-bond acceptors (Lipinski definition) is 3. The van der Waals surface area contributed by atoms with Crippen molar-refractivity contribution >= 4 is 63.4 Å². The number of amides is 2. The first-order valence-corrected chi connectivity index (χ1v) is 12.5. The number of anilines is 1. The molecular formula is C26H23Cl2N3O2S. The van der Waals surface area contributed by atoms with Crippen molar-refractivity contribution < 1.29 is 9.59 Å². The molecule has 0 bridgehead atoms. The Hall–Kier alpha value is -2.93. The summed E-state index contributed by atoms with van der Waals surface area (Å²) < 4.78 is 2.08. The number of nitrogens with one attached hydrogen (secondary N) is 2. The number of aryl methyl sites for hydroxylation is 1. The first-order valence-electron chi connectivity index (χ1n) is 10.7. The van der Waals surface area contributed by atoms with Gasteiger partial charge in [0.25, 0.3) is 5.91 Å². The molecule has 3 aromatic carbocycles. The van der Waals surface area contributed by atoms with Crippen LogP contribution in [-0.2, 0) is 11.3 Å². The highest BCUT2D eigenvalue weighted by Gasteiger charge is 2.13. The predicted octanol–water partition coefficient (Wildman–Crippen LogP) is 6.42. The van der Waals surface area contributed by atoms with Crippen LogP contribution in [0.5, 0.6) is 0 Å². The molecule has 5 nitrogen and oxygen atoms in total. The van der Waals surface area contributed by atoms with Gasteiger partial charge in [-0.25, -0.2) is 0 Å². The zero-order chi connectivity index (χ0) is 24.1. The molecule has 2 amide bonds. The third-order valence-corrected chi connectivity index (χ3v) is 6.85. The minimum atomic E-state index is -0.250. The molecule has 4 aromatic rings. The first kappa shape index (κ1) is 24.2. The van der Waals surface area contributed by atoms with Gasteiger partial charge in [0.2, 0.25) is 5.91 Å². The van der Waals surface area contributed by atoms with E-state index in [0.29, 0.717) is 34.5 Å². The van der Waals surface area contributed by atoms with Gasteiger partial charge in [-0.3, -0.25) is 9.59 Å². The van der Waals surface area contributed by atoms with E-state index in [2.05, 4.69) is 15.2 Å². The van der Waals surface area contributed by atoms with Gasteiger partial charge in [0.15, 0.2) is 0 Å². The lowest BCUT2D eigenvalue weighted by atomic mass is 10.2. The number of hydrogen-bond donors (Lipinski definition) is 2. The standard InChI is InChI=1S/C26H23Cl2N3O2S/c1-17-6-9-19(10-7-17)30-25(32)16-34-24-15-31(23-5-3-2-4-21(23)24)13-12-29-26(33)20-11-8-18(27)14-22(20)28/h2-11,14-15H,12-13,16H2,1H3,(H,29,33)(H,30,32). The highest BCUT2D eigenvalue weighted by Crippen LogP contribution is 2.30.